The summed E-state index contributed by atoms with van der Waals surface area (Å²) in [5.41, 5.74) is 33.4. The molecule has 18 aromatic rings. The minimum atomic E-state index is 0.157. The molecule has 0 amide bonds. The molecular formula is C116H88. The molecule has 0 heteroatoms. The number of hydrogen-bond acceptors (Lipinski definition) is 0. The molecule has 18 aromatic carbocycles. The lowest BCUT2D eigenvalue weighted by atomic mass is 9.43. The average Bonchev–Trinajstić information content (AvgIpc) is 1.50. The van der Waals surface area contributed by atoms with Crippen LogP contribution < -0.4 is 0 Å². The Hall–Kier alpha value is -12.5. The third-order valence-corrected chi connectivity index (χ3v) is 30.5. The molecule has 0 heterocycles. The van der Waals surface area contributed by atoms with Gasteiger partial charge in [0.1, 0.15) is 0 Å². The Labute approximate surface area is 679 Å². The second-order valence-electron chi connectivity index (χ2n) is 35.9. The van der Waals surface area contributed by atoms with Crippen LogP contribution in [0, 0.1) is 47.3 Å². The molecule has 0 aromatic heterocycles. The predicted octanol–water partition coefficient (Wildman–Crippen LogP) is 31.1. The molecule has 0 unspecified atom stereocenters. The first-order valence-corrected chi connectivity index (χ1v) is 43.2. The molecule has 2 spiro atoms. The molecule has 8 fully saturated rings. The summed E-state index contributed by atoms with van der Waals surface area (Å²) in [5.74, 6) is 6.76. The van der Waals surface area contributed by atoms with Crippen LogP contribution in [0.3, 0.4) is 0 Å². The Morgan fingerprint density at radius 2 is 0.397 bits per heavy atom. The normalized spacial score (nSPS) is 22.6. The van der Waals surface area contributed by atoms with E-state index in [0.29, 0.717) is 0 Å². The van der Waals surface area contributed by atoms with Crippen molar-refractivity contribution in [2.75, 3.05) is 0 Å². The van der Waals surface area contributed by atoms with Gasteiger partial charge < -0.3 is 0 Å². The van der Waals surface area contributed by atoms with E-state index < -0.39 is 0 Å². The lowest BCUT2D eigenvalue weighted by molar-refractivity contribution is -0.0399. The average molecular weight is 1480 g/mol. The maximum atomic E-state index is 2.66. The molecule has 8 saturated carbocycles. The number of fused-ring (bicyclic) bond motifs is 12. The molecule has 0 aliphatic heterocycles. The minimum absolute atomic E-state index is 0.157. The van der Waals surface area contributed by atoms with Crippen LogP contribution in [0.4, 0.5) is 0 Å². The van der Waals surface area contributed by atoms with Crippen molar-refractivity contribution >= 4 is 64.6 Å². The fourth-order valence-corrected chi connectivity index (χ4v) is 26.6. The lowest BCUT2D eigenvalue weighted by Crippen LogP contribution is -2.55. The van der Waals surface area contributed by atoms with Crippen LogP contribution in [0.2, 0.25) is 0 Å². The van der Waals surface area contributed by atoms with Crippen molar-refractivity contribution in [2.24, 2.45) is 47.3 Å². The van der Waals surface area contributed by atoms with Crippen LogP contribution in [0.25, 0.3) is 176 Å². The SMILES string of the molecule is c1ccc(-c2ccc(-c3c4ccccc4c(-c4ccc(-c5ccc6c(c5)C5(c7ccccc7-6)C6CC7CC(C6)CC5C7)c5ccccc45)c4ccccc34)cc2)cc1.c1ccc(-c2ccccc2-c2c3ccccc3c(-c3ccc(-c4ccc5c(c4)C4(c6ccccc6-5)C5CC6CC(C5)CC4C6)c4ccccc34)c3ccccc23)cc1. The van der Waals surface area contributed by atoms with E-state index in [9.17, 15) is 0 Å². The van der Waals surface area contributed by atoms with Gasteiger partial charge in [0.25, 0.3) is 0 Å². The summed E-state index contributed by atoms with van der Waals surface area (Å²) >= 11 is 0. The fourth-order valence-electron chi connectivity index (χ4n) is 26.6. The van der Waals surface area contributed by atoms with Crippen LogP contribution in [0.5, 0.6) is 0 Å². The highest BCUT2D eigenvalue weighted by Crippen LogP contribution is 2.72. The molecule has 0 atom stereocenters. The molecule has 10 aliphatic carbocycles. The number of benzene rings is 18. The molecule has 552 valence electrons. The molecule has 10 aliphatic rings. The molecule has 0 radical (unpaired) electrons. The van der Waals surface area contributed by atoms with Gasteiger partial charge in [-0.3, -0.25) is 0 Å². The van der Waals surface area contributed by atoms with E-state index in [0.717, 1.165) is 47.3 Å². The van der Waals surface area contributed by atoms with Crippen molar-refractivity contribution in [3.05, 3.63) is 386 Å². The number of hydrogen-bond donors (Lipinski definition) is 0. The van der Waals surface area contributed by atoms with Crippen LogP contribution in [0.1, 0.15) is 86.5 Å². The zero-order valence-electron chi connectivity index (χ0n) is 65.3. The van der Waals surface area contributed by atoms with Crippen LogP contribution in [-0.2, 0) is 10.8 Å². The van der Waals surface area contributed by atoms with Gasteiger partial charge in [-0.15, -0.1) is 0 Å². The summed E-state index contributed by atoms with van der Waals surface area (Å²) < 4.78 is 0. The van der Waals surface area contributed by atoms with Crippen LogP contribution >= 0.6 is 0 Å². The largest absolute Gasteiger partial charge is 0.0622 e. The Morgan fingerprint density at radius 3 is 0.784 bits per heavy atom. The van der Waals surface area contributed by atoms with E-state index in [1.54, 1.807) is 22.3 Å². The first-order valence-electron chi connectivity index (χ1n) is 43.2. The predicted molar refractivity (Wildman–Crippen MR) is 488 cm³/mol. The third kappa shape index (κ3) is 9.74. The lowest BCUT2D eigenvalue weighted by Gasteiger charge is -2.61. The maximum absolute atomic E-state index is 2.66. The van der Waals surface area contributed by atoms with E-state index >= 15 is 0 Å². The third-order valence-electron chi connectivity index (χ3n) is 30.5. The monoisotopic (exact) mass is 1480 g/mol. The molecule has 28 rings (SSSR count). The van der Waals surface area contributed by atoms with Crippen LogP contribution in [0.15, 0.2) is 364 Å². The van der Waals surface area contributed by atoms with Gasteiger partial charge in [0.05, 0.1) is 0 Å². The zero-order valence-corrected chi connectivity index (χ0v) is 65.3. The van der Waals surface area contributed by atoms with E-state index in [1.165, 1.54) is 240 Å². The highest BCUT2D eigenvalue weighted by Gasteiger charge is 2.63. The summed E-state index contributed by atoms with van der Waals surface area (Å²) in [4.78, 5) is 0. The van der Waals surface area contributed by atoms with Gasteiger partial charge in [-0.25, -0.2) is 0 Å². The first kappa shape index (κ1) is 66.9. The van der Waals surface area contributed by atoms with Crippen molar-refractivity contribution in [1.29, 1.82) is 0 Å². The van der Waals surface area contributed by atoms with Crippen molar-refractivity contribution in [3.8, 4) is 111 Å². The fraction of sp³-hybridized carbons (Fsp3) is 0.172. The van der Waals surface area contributed by atoms with E-state index in [4.69, 9.17) is 0 Å². The smallest absolute Gasteiger partial charge is 0.0272 e. The maximum Gasteiger partial charge on any atom is 0.0272 e. The molecule has 116 heavy (non-hydrogen) atoms. The Kier molecular flexibility index (Phi) is 15.0. The summed E-state index contributed by atoms with van der Waals surface area (Å²) in [6.45, 7) is 0. The summed E-state index contributed by atoms with van der Waals surface area (Å²) in [6.07, 6.45) is 14.2. The Balaban J connectivity index is 0.000000130. The van der Waals surface area contributed by atoms with E-state index in [2.05, 4.69) is 364 Å². The van der Waals surface area contributed by atoms with Gasteiger partial charge >= 0.3 is 0 Å². The van der Waals surface area contributed by atoms with Crippen LogP contribution in [-0.4, -0.2) is 0 Å². The van der Waals surface area contributed by atoms with Gasteiger partial charge in [0.2, 0.25) is 0 Å². The van der Waals surface area contributed by atoms with Crippen molar-refractivity contribution in [1.82, 2.24) is 0 Å². The van der Waals surface area contributed by atoms with Gasteiger partial charge in [-0.05, 0) is 322 Å². The first-order chi connectivity index (χ1) is 57.5. The van der Waals surface area contributed by atoms with Gasteiger partial charge in [0.15, 0.2) is 0 Å². The van der Waals surface area contributed by atoms with Crippen molar-refractivity contribution < 1.29 is 0 Å². The van der Waals surface area contributed by atoms with E-state index in [-0.39, 0.29) is 10.8 Å². The summed E-state index contributed by atoms with van der Waals surface area (Å²) in [6, 6.07) is 138. The molecule has 0 nitrogen and oxygen atoms in total. The van der Waals surface area contributed by atoms with Crippen molar-refractivity contribution in [3.63, 3.8) is 0 Å². The molecule has 8 bridgehead atoms. The quantitative estimate of drug-likeness (QED) is 0.133. The molecular weight excluding hydrogens is 1390 g/mol. The van der Waals surface area contributed by atoms with E-state index in [1.807, 2.05) is 0 Å². The zero-order chi connectivity index (χ0) is 75.9. The summed E-state index contributed by atoms with van der Waals surface area (Å²) in [7, 11) is 0. The Morgan fingerprint density at radius 1 is 0.147 bits per heavy atom. The minimum Gasteiger partial charge on any atom is -0.0622 e. The van der Waals surface area contributed by atoms with Crippen molar-refractivity contribution in [2.45, 2.75) is 75.0 Å². The second-order valence-corrected chi connectivity index (χ2v) is 35.9. The van der Waals surface area contributed by atoms with Gasteiger partial charge in [0, 0.05) is 10.8 Å². The second kappa shape index (κ2) is 26.0. The summed E-state index contributed by atoms with van der Waals surface area (Å²) in [5, 5.41) is 15.6. The highest BCUT2D eigenvalue weighted by atomic mass is 14.7. The van der Waals surface area contributed by atoms with Gasteiger partial charge in [-0.2, -0.15) is 0 Å². The molecule has 0 saturated heterocycles. The Bertz CT molecular complexity index is 6920. The van der Waals surface area contributed by atoms with Gasteiger partial charge in [-0.1, -0.05) is 352 Å². The topological polar surface area (TPSA) is 0 Å². The number of rotatable bonds is 8. The molecule has 0 N–H and O–H groups in total. The highest BCUT2D eigenvalue weighted by molar-refractivity contribution is 6.26. The standard InChI is InChI=1S/2C58H44/c1-2-14-38(15-3-1)42-16-4-7-20-48(42)56-49-21-8-10-23-51(49)57(52-24-11-9-22-50(52)56)53-29-28-43(44-17-5-6-18-45(44)53)39-26-27-47-46-19-12-13-25-54(46)58(55(47)35-39)40-31-36-30-37(33-40)34-41(58)32-36;1-2-12-38(13-3-1)39-22-24-40(25-23-39)56-49-17-6-8-19-51(49)57(52-20-9-7-18-50(52)56)53-29-28-44(45-14-4-5-15-46(45)53)41-26-27-48-47-16-10-11-21-54(47)58(55(48)35-41)42-31-36-30-37(33-42)34-43(58)32-36/h1-29,35-37,40-41H,30-34H2;1-29,35-37,42-43H,30-34H2.